The first-order valence-corrected chi connectivity index (χ1v) is 8.81. The number of aromatic nitrogens is 2. The monoisotopic (exact) mass is 377 g/mol. The van der Waals surface area contributed by atoms with Gasteiger partial charge >= 0.3 is 6.03 Å². The number of urea groups is 1. The van der Waals surface area contributed by atoms with E-state index < -0.39 is 23.4 Å². The zero-order chi connectivity index (χ0) is 19.9. The fourth-order valence-electron chi connectivity index (χ4n) is 3.29. The maximum Gasteiger partial charge on any atom is 0.325 e. The normalized spacial score (nSPS) is 19.1. The molecule has 1 saturated heterocycles. The van der Waals surface area contributed by atoms with Crippen molar-refractivity contribution in [2.24, 2.45) is 0 Å². The van der Waals surface area contributed by atoms with Crippen molar-refractivity contribution >= 4 is 34.4 Å². The highest BCUT2D eigenvalue weighted by Crippen LogP contribution is 2.29. The van der Waals surface area contributed by atoms with Gasteiger partial charge in [0.1, 0.15) is 12.1 Å². The number of benzene rings is 2. The molecule has 2 aromatic carbocycles. The predicted molar refractivity (Wildman–Crippen MR) is 103 cm³/mol. The average Bonchev–Trinajstić information content (AvgIpc) is 3.21. The van der Waals surface area contributed by atoms with E-state index in [4.69, 9.17) is 0 Å². The molecule has 1 atom stereocenters. The van der Waals surface area contributed by atoms with Crippen molar-refractivity contribution in [3.63, 3.8) is 0 Å². The molecule has 0 saturated carbocycles. The summed E-state index contributed by atoms with van der Waals surface area (Å²) in [6.45, 7) is 3.22. The Morgan fingerprint density at radius 3 is 2.68 bits per heavy atom. The van der Waals surface area contributed by atoms with Crippen molar-refractivity contribution < 1.29 is 14.4 Å². The van der Waals surface area contributed by atoms with Crippen LogP contribution in [-0.4, -0.2) is 39.5 Å². The summed E-state index contributed by atoms with van der Waals surface area (Å²) in [6.07, 6.45) is 1.65. The quantitative estimate of drug-likeness (QED) is 0.606. The van der Waals surface area contributed by atoms with E-state index >= 15 is 0 Å². The second-order valence-corrected chi connectivity index (χ2v) is 7.03. The Hall–Kier alpha value is -3.68. The lowest BCUT2D eigenvalue weighted by Gasteiger charge is -2.22. The van der Waals surface area contributed by atoms with E-state index in [1.165, 1.54) is 0 Å². The summed E-state index contributed by atoms with van der Waals surface area (Å²) in [4.78, 5) is 38.6. The zero-order valence-electron chi connectivity index (χ0n) is 15.4. The summed E-state index contributed by atoms with van der Waals surface area (Å²) in [7, 11) is 0. The van der Waals surface area contributed by atoms with E-state index in [1.807, 2.05) is 19.1 Å². The third-order valence-corrected chi connectivity index (χ3v) is 4.93. The van der Waals surface area contributed by atoms with Crippen molar-refractivity contribution in [3.05, 3.63) is 59.8 Å². The van der Waals surface area contributed by atoms with Crippen LogP contribution >= 0.6 is 0 Å². The SMILES string of the molecule is Cc1ccc(C2(C)NC(=O)N(CC(=O)Nc3ccc4[nH]ncc4c3)C2=O)cc1. The highest BCUT2D eigenvalue weighted by atomic mass is 16.2. The highest BCUT2D eigenvalue weighted by Gasteiger charge is 2.49. The molecule has 3 N–H and O–H groups in total. The van der Waals surface area contributed by atoms with Gasteiger partial charge in [0.25, 0.3) is 5.91 Å². The standard InChI is InChI=1S/C20H19N5O3/c1-12-3-5-14(6-4-12)20(2)18(27)25(19(28)23-20)11-17(26)22-15-7-8-16-13(9-15)10-21-24-16/h3-10H,11H2,1-2H3,(H,21,24)(H,22,26)(H,23,28). The van der Waals surface area contributed by atoms with E-state index in [1.54, 1.807) is 43.5 Å². The molecule has 1 fully saturated rings. The van der Waals surface area contributed by atoms with Crippen molar-refractivity contribution in [2.45, 2.75) is 19.4 Å². The first-order valence-electron chi connectivity index (χ1n) is 8.81. The van der Waals surface area contributed by atoms with E-state index in [0.717, 1.165) is 21.4 Å². The Morgan fingerprint density at radius 1 is 1.18 bits per heavy atom. The maximum absolute atomic E-state index is 12.9. The molecule has 8 heteroatoms. The number of nitrogens with one attached hydrogen (secondary N) is 3. The van der Waals surface area contributed by atoms with E-state index in [2.05, 4.69) is 20.8 Å². The molecule has 4 rings (SSSR count). The smallest absolute Gasteiger partial charge is 0.325 e. The lowest BCUT2D eigenvalue weighted by Crippen LogP contribution is -2.42. The number of rotatable bonds is 4. The number of carbonyl (C=O) groups is 3. The van der Waals surface area contributed by atoms with Gasteiger partial charge in [-0.3, -0.25) is 19.6 Å². The van der Waals surface area contributed by atoms with Gasteiger partial charge in [-0.15, -0.1) is 0 Å². The minimum Gasteiger partial charge on any atom is -0.325 e. The first kappa shape index (κ1) is 17.7. The van der Waals surface area contributed by atoms with Crippen LogP contribution in [0.25, 0.3) is 10.9 Å². The maximum atomic E-state index is 12.9. The third kappa shape index (κ3) is 2.98. The molecule has 1 aliphatic heterocycles. The van der Waals surface area contributed by atoms with Gasteiger partial charge in [0, 0.05) is 11.1 Å². The highest BCUT2D eigenvalue weighted by molar-refractivity contribution is 6.10. The second kappa shape index (κ2) is 6.49. The number of anilines is 1. The number of aromatic amines is 1. The molecule has 0 bridgehead atoms. The molecule has 3 aromatic rings. The largest absolute Gasteiger partial charge is 0.325 e. The molecule has 0 radical (unpaired) electrons. The number of imide groups is 1. The van der Waals surface area contributed by atoms with Crippen LogP contribution < -0.4 is 10.6 Å². The van der Waals surface area contributed by atoms with E-state index in [0.29, 0.717) is 11.3 Å². The van der Waals surface area contributed by atoms with Gasteiger partial charge in [-0.2, -0.15) is 5.10 Å². The van der Waals surface area contributed by atoms with Gasteiger partial charge in [-0.1, -0.05) is 29.8 Å². The zero-order valence-corrected chi connectivity index (χ0v) is 15.4. The Bertz CT molecular complexity index is 1090. The number of fused-ring (bicyclic) bond motifs is 1. The van der Waals surface area contributed by atoms with E-state index in [-0.39, 0.29) is 6.54 Å². The van der Waals surface area contributed by atoms with Crippen molar-refractivity contribution in [2.75, 3.05) is 11.9 Å². The summed E-state index contributed by atoms with van der Waals surface area (Å²) in [5, 5.41) is 13.0. The molecule has 1 unspecified atom stereocenters. The molecule has 1 aromatic heterocycles. The van der Waals surface area contributed by atoms with Crippen molar-refractivity contribution in [3.8, 4) is 0 Å². The number of hydrogen-bond donors (Lipinski definition) is 3. The summed E-state index contributed by atoms with van der Waals surface area (Å²) in [5.41, 5.74) is 1.94. The minimum atomic E-state index is -1.19. The lowest BCUT2D eigenvalue weighted by atomic mass is 9.91. The fourth-order valence-corrected chi connectivity index (χ4v) is 3.29. The number of aryl methyl sites for hydroxylation is 1. The predicted octanol–water partition coefficient (Wildman–Crippen LogP) is 2.28. The van der Waals surface area contributed by atoms with Gasteiger partial charge in [0.05, 0.1) is 11.7 Å². The van der Waals surface area contributed by atoms with Gasteiger partial charge < -0.3 is 10.6 Å². The van der Waals surface area contributed by atoms with E-state index in [9.17, 15) is 14.4 Å². The van der Waals surface area contributed by atoms with Gasteiger partial charge in [0.2, 0.25) is 5.91 Å². The molecule has 4 amide bonds. The summed E-state index contributed by atoms with van der Waals surface area (Å²) in [5.74, 6) is -0.915. The third-order valence-electron chi connectivity index (χ3n) is 4.93. The summed E-state index contributed by atoms with van der Waals surface area (Å²) in [6, 6.07) is 12.0. The molecule has 8 nitrogen and oxygen atoms in total. The second-order valence-electron chi connectivity index (χ2n) is 7.03. The van der Waals surface area contributed by atoms with Crippen LogP contribution in [0.3, 0.4) is 0 Å². The average molecular weight is 377 g/mol. The topological polar surface area (TPSA) is 107 Å². The number of carbonyl (C=O) groups excluding carboxylic acids is 3. The molecule has 0 spiro atoms. The molecule has 28 heavy (non-hydrogen) atoms. The first-order chi connectivity index (χ1) is 13.4. The number of amides is 4. The summed E-state index contributed by atoms with van der Waals surface area (Å²) < 4.78 is 0. The van der Waals surface area contributed by atoms with Crippen molar-refractivity contribution in [1.82, 2.24) is 20.4 Å². The molecule has 2 heterocycles. The Kier molecular flexibility index (Phi) is 4.11. The number of H-pyrrole nitrogens is 1. The number of hydrogen-bond acceptors (Lipinski definition) is 4. The summed E-state index contributed by atoms with van der Waals surface area (Å²) >= 11 is 0. The van der Waals surface area contributed by atoms with Crippen LogP contribution in [-0.2, 0) is 15.1 Å². The van der Waals surface area contributed by atoms with Crippen molar-refractivity contribution in [1.29, 1.82) is 0 Å². The fraction of sp³-hybridized carbons (Fsp3) is 0.200. The van der Waals surface area contributed by atoms with Gasteiger partial charge in [-0.05, 0) is 37.6 Å². The molecular formula is C20H19N5O3. The Morgan fingerprint density at radius 2 is 1.93 bits per heavy atom. The lowest BCUT2D eigenvalue weighted by molar-refractivity contribution is -0.133. The van der Waals surface area contributed by atoms with Crippen LogP contribution in [0.4, 0.5) is 10.5 Å². The molecule has 142 valence electrons. The number of nitrogens with zero attached hydrogens (tertiary/aromatic N) is 2. The van der Waals surface area contributed by atoms with Crippen LogP contribution in [0.2, 0.25) is 0 Å². The molecule has 0 aliphatic carbocycles. The Balaban J connectivity index is 1.49. The van der Waals surface area contributed by atoms with Crippen LogP contribution in [0.15, 0.2) is 48.7 Å². The minimum absolute atomic E-state index is 0.366. The van der Waals surface area contributed by atoms with Crippen LogP contribution in [0.1, 0.15) is 18.1 Å². The van der Waals surface area contributed by atoms with Crippen LogP contribution in [0.5, 0.6) is 0 Å². The van der Waals surface area contributed by atoms with Crippen LogP contribution in [0, 0.1) is 6.92 Å². The molecule has 1 aliphatic rings. The molecular weight excluding hydrogens is 358 g/mol. The van der Waals surface area contributed by atoms with Gasteiger partial charge in [0.15, 0.2) is 0 Å². The van der Waals surface area contributed by atoms with Gasteiger partial charge in [-0.25, -0.2) is 4.79 Å². The Labute approximate surface area is 160 Å².